The number of rotatable bonds is 5. The van der Waals surface area contributed by atoms with Crippen LogP contribution in [0, 0.1) is 0 Å². The van der Waals surface area contributed by atoms with E-state index in [1.807, 2.05) is 17.5 Å². The van der Waals surface area contributed by atoms with Crippen LogP contribution < -0.4 is 10.5 Å². The van der Waals surface area contributed by atoms with Gasteiger partial charge in [-0.05, 0) is 23.8 Å². The maximum atomic E-state index is 10.5. The Morgan fingerprint density at radius 2 is 2.05 bits per heavy atom. The standard InChI is InChI=1S/C14H15Cl2NO2S/c1-19-9-5-13(20-7-9)14(18)10(6-17)8-2-3-11(15)12(16)4-8/h2-5,7,10,14,18H,6,17H2,1H3. The third-order valence-corrected chi connectivity index (χ3v) is 4.85. The van der Waals surface area contributed by atoms with Crippen LogP contribution in [0.15, 0.2) is 29.6 Å². The molecule has 1 heterocycles. The van der Waals surface area contributed by atoms with Crippen molar-refractivity contribution in [2.24, 2.45) is 5.73 Å². The number of halogens is 2. The first-order valence-electron chi connectivity index (χ1n) is 6.02. The Morgan fingerprint density at radius 3 is 2.60 bits per heavy atom. The molecule has 0 aliphatic heterocycles. The molecule has 2 unspecified atom stereocenters. The Kier molecular flexibility index (Phi) is 5.29. The van der Waals surface area contributed by atoms with Crippen LogP contribution in [-0.4, -0.2) is 18.8 Å². The first-order chi connectivity index (χ1) is 9.56. The molecule has 0 saturated heterocycles. The van der Waals surface area contributed by atoms with Crippen molar-refractivity contribution in [2.75, 3.05) is 13.7 Å². The Balaban J connectivity index is 2.28. The summed E-state index contributed by atoms with van der Waals surface area (Å²) in [5.74, 6) is 0.488. The van der Waals surface area contributed by atoms with E-state index in [2.05, 4.69) is 0 Å². The summed E-state index contributed by atoms with van der Waals surface area (Å²) in [4.78, 5) is 0.809. The van der Waals surface area contributed by atoms with Gasteiger partial charge in [0, 0.05) is 22.7 Å². The second kappa shape index (κ2) is 6.78. The van der Waals surface area contributed by atoms with Crippen LogP contribution in [0.2, 0.25) is 10.0 Å². The first kappa shape index (κ1) is 15.6. The van der Waals surface area contributed by atoms with Crippen LogP contribution in [0.25, 0.3) is 0 Å². The van der Waals surface area contributed by atoms with Crippen LogP contribution in [0.1, 0.15) is 22.5 Å². The van der Waals surface area contributed by atoms with Gasteiger partial charge in [-0.15, -0.1) is 11.3 Å². The van der Waals surface area contributed by atoms with Crippen LogP contribution in [-0.2, 0) is 0 Å². The quantitative estimate of drug-likeness (QED) is 0.875. The number of hydrogen-bond donors (Lipinski definition) is 2. The van der Waals surface area contributed by atoms with E-state index in [9.17, 15) is 5.11 Å². The van der Waals surface area contributed by atoms with Crippen LogP contribution >= 0.6 is 34.5 Å². The van der Waals surface area contributed by atoms with Gasteiger partial charge in [-0.2, -0.15) is 0 Å². The molecule has 0 aliphatic carbocycles. The summed E-state index contributed by atoms with van der Waals surface area (Å²) < 4.78 is 5.13. The molecular formula is C14H15Cl2NO2S. The van der Waals surface area contributed by atoms with E-state index in [0.717, 1.165) is 16.2 Å². The van der Waals surface area contributed by atoms with Gasteiger partial charge >= 0.3 is 0 Å². The van der Waals surface area contributed by atoms with Gasteiger partial charge in [0.05, 0.1) is 23.3 Å². The summed E-state index contributed by atoms with van der Waals surface area (Å²) in [6.07, 6.45) is -0.703. The maximum absolute atomic E-state index is 10.5. The lowest BCUT2D eigenvalue weighted by Crippen LogP contribution is -2.19. The molecule has 20 heavy (non-hydrogen) atoms. The Morgan fingerprint density at radius 1 is 1.30 bits per heavy atom. The van der Waals surface area contributed by atoms with Gasteiger partial charge in [0.2, 0.25) is 0 Å². The lowest BCUT2D eigenvalue weighted by Gasteiger charge is -2.21. The molecule has 0 aliphatic rings. The highest BCUT2D eigenvalue weighted by atomic mass is 35.5. The van der Waals surface area contributed by atoms with Crippen LogP contribution in [0.4, 0.5) is 0 Å². The molecule has 2 atom stereocenters. The largest absolute Gasteiger partial charge is 0.496 e. The number of ether oxygens (including phenoxy) is 1. The zero-order chi connectivity index (χ0) is 14.7. The molecule has 3 N–H and O–H groups in total. The molecule has 0 bridgehead atoms. The molecule has 0 spiro atoms. The SMILES string of the molecule is COc1csc(C(O)C(CN)c2ccc(Cl)c(Cl)c2)c1. The Bertz CT molecular complexity index is 588. The minimum atomic E-state index is -0.703. The molecule has 1 aromatic heterocycles. The molecule has 0 fully saturated rings. The zero-order valence-corrected chi connectivity index (χ0v) is 13.2. The van der Waals surface area contributed by atoms with Crippen molar-refractivity contribution in [3.63, 3.8) is 0 Å². The fourth-order valence-corrected chi connectivity index (χ4v) is 3.20. The molecule has 1 aromatic carbocycles. The molecule has 108 valence electrons. The van der Waals surface area contributed by atoms with Gasteiger partial charge in [0.15, 0.2) is 0 Å². The summed E-state index contributed by atoms with van der Waals surface area (Å²) in [6, 6.07) is 7.11. The number of aliphatic hydroxyl groups is 1. The van der Waals surface area contributed by atoms with Crippen molar-refractivity contribution < 1.29 is 9.84 Å². The van der Waals surface area contributed by atoms with Crippen molar-refractivity contribution in [2.45, 2.75) is 12.0 Å². The minimum absolute atomic E-state index is 0.242. The average Bonchev–Trinajstić information content (AvgIpc) is 2.92. The lowest BCUT2D eigenvalue weighted by molar-refractivity contribution is 0.151. The van der Waals surface area contributed by atoms with Crippen molar-refractivity contribution in [3.8, 4) is 5.75 Å². The molecule has 0 radical (unpaired) electrons. The van der Waals surface area contributed by atoms with Crippen molar-refractivity contribution >= 4 is 34.5 Å². The summed E-state index contributed by atoms with van der Waals surface area (Å²) in [5.41, 5.74) is 6.67. The predicted molar refractivity (Wildman–Crippen MR) is 84.1 cm³/mol. The summed E-state index contributed by atoms with van der Waals surface area (Å²) >= 11 is 13.4. The second-order valence-electron chi connectivity index (χ2n) is 4.35. The van der Waals surface area contributed by atoms with Gasteiger partial charge in [0.25, 0.3) is 0 Å². The van der Waals surface area contributed by atoms with Gasteiger partial charge in [-0.3, -0.25) is 0 Å². The Hall–Kier alpha value is -0.780. The normalized spacial score (nSPS) is 14.1. The molecule has 0 saturated carbocycles. The van der Waals surface area contributed by atoms with E-state index in [1.54, 1.807) is 19.2 Å². The molecular weight excluding hydrogens is 317 g/mol. The highest BCUT2D eigenvalue weighted by Gasteiger charge is 2.23. The number of hydrogen-bond acceptors (Lipinski definition) is 4. The minimum Gasteiger partial charge on any atom is -0.496 e. The van der Waals surface area contributed by atoms with E-state index < -0.39 is 6.10 Å². The molecule has 2 rings (SSSR count). The fraction of sp³-hybridized carbons (Fsp3) is 0.286. The van der Waals surface area contributed by atoms with Crippen molar-refractivity contribution in [1.82, 2.24) is 0 Å². The van der Waals surface area contributed by atoms with Crippen LogP contribution in [0.3, 0.4) is 0 Å². The van der Waals surface area contributed by atoms with E-state index >= 15 is 0 Å². The number of benzene rings is 1. The summed E-state index contributed by atoms with van der Waals surface area (Å²) in [6.45, 7) is 0.305. The van der Waals surface area contributed by atoms with Gasteiger partial charge in [-0.25, -0.2) is 0 Å². The number of thiophene rings is 1. The molecule has 3 nitrogen and oxygen atoms in total. The number of methoxy groups -OCH3 is 1. The smallest absolute Gasteiger partial charge is 0.129 e. The third kappa shape index (κ3) is 3.27. The second-order valence-corrected chi connectivity index (χ2v) is 6.11. The monoisotopic (exact) mass is 331 g/mol. The van der Waals surface area contributed by atoms with Crippen molar-refractivity contribution in [1.29, 1.82) is 0 Å². The number of aliphatic hydroxyl groups excluding tert-OH is 1. The van der Waals surface area contributed by atoms with E-state index in [1.165, 1.54) is 11.3 Å². The van der Waals surface area contributed by atoms with Gasteiger partial charge < -0.3 is 15.6 Å². The van der Waals surface area contributed by atoms with E-state index in [4.69, 9.17) is 33.7 Å². The van der Waals surface area contributed by atoms with E-state index in [0.29, 0.717) is 16.6 Å². The van der Waals surface area contributed by atoms with Gasteiger partial charge in [-0.1, -0.05) is 29.3 Å². The lowest BCUT2D eigenvalue weighted by atomic mass is 9.92. The number of nitrogens with two attached hydrogens (primary N) is 1. The molecule has 6 heteroatoms. The maximum Gasteiger partial charge on any atom is 0.129 e. The summed E-state index contributed by atoms with van der Waals surface area (Å²) in [5, 5.41) is 13.3. The summed E-state index contributed by atoms with van der Waals surface area (Å²) in [7, 11) is 1.59. The fourth-order valence-electron chi connectivity index (χ4n) is 1.99. The van der Waals surface area contributed by atoms with Crippen LogP contribution in [0.5, 0.6) is 5.75 Å². The Labute approximate surface area is 131 Å². The van der Waals surface area contributed by atoms with Gasteiger partial charge in [0.1, 0.15) is 5.75 Å². The molecule has 0 amide bonds. The molecule has 2 aromatic rings. The first-order valence-corrected chi connectivity index (χ1v) is 7.66. The van der Waals surface area contributed by atoms with Crippen molar-refractivity contribution in [3.05, 3.63) is 50.1 Å². The van der Waals surface area contributed by atoms with E-state index in [-0.39, 0.29) is 5.92 Å². The third-order valence-electron chi connectivity index (χ3n) is 3.13. The predicted octanol–water partition coefficient (Wildman–Crippen LogP) is 3.84. The highest BCUT2D eigenvalue weighted by molar-refractivity contribution is 7.10. The highest BCUT2D eigenvalue weighted by Crippen LogP contribution is 2.37. The zero-order valence-electron chi connectivity index (χ0n) is 10.8. The average molecular weight is 332 g/mol. The topological polar surface area (TPSA) is 55.5 Å².